The molecule has 1 saturated carbocycles. The van der Waals surface area contributed by atoms with Crippen LogP contribution in [-0.2, 0) is 4.79 Å². The van der Waals surface area contributed by atoms with Crippen LogP contribution >= 0.6 is 0 Å². The fourth-order valence-corrected chi connectivity index (χ4v) is 2.61. The van der Waals surface area contributed by atoms with Crippen molar-refractivity contribution in [2.45, 2.75) is 45.8 Å². The summed E-state index contributed by atoms with van der Waals surface area (Å²) in [5.74, 6) is 1.61. The van der Waals surface area contributed by atoms with Crippen LogP contribution in [0.1, 0.15) is 33.6 Å². The molecule has 1 amide bonds. The minimum Gasteiger partial charge on any atom is -0.323 e. The van der Waals surface area contributed by atoms with Crippen molar-refractivity contribution < 1.29 is 4.79 Å². The van der Waals surface area contributed by atoms with Crippen molar-refractivity contribution in [2.24, 2.45) is 11.8 Å². The van der Waals surface area contributed by atoms with E-state index in [0.29, 0.717) is 24.4 Å². The number of hydrogen-bond donors (Lipinski definition) is 1. The van der Waals surface area contributed by atoms with Crippen molar-refractivity contribution >= 4 is 5.91 Å². The summed E-state index contributed by atoms with van der Waals surface area (Å²) >= 11 is 0. The summed E-state index contributed by atoms with van der Waals surface area (Å²) in [4.78, 5) is 13.8. The van der Waals surface area contributed by atoms with Crippen LogP contribution in [0, 0.1) is 11.8 Å². The Bertz CT molecular complexity index is 233. The van der Waals surface area contributed by atoms with Crippen LogP contribution < -0.4 is 5.32 Å². The third-order valence-electron chi connectivity index (χ3n) is 3.42. The van der Waals surface area contributed by atoms with Gasteiger partial charge in [-0.05, 0) is 24.7 Å². The molecule has 2 aliphatic rings. The lowest BCUT2D eigenvalue weighted by molar-refractivity contribution is -0.133. The Hall–Kier alpha value is -0.570. The topological polar surface area (TPSA) is 32.3 Å². The minimum absolute atomic E-state index is 0.278. The maximum absolute atomic E-state index is 11.7. The summed E-state index contributed by atoms with van der Waals surface area (Å²) in [6.45, 7) is 7.14. The van der Waals surface area contributed by atoms with Gasteiger partial charge in [-0.15, -0.1) is 0 Å². The molecule has 1 N–H and O–H groups in total. The zero-order valence-electron chi connectivity index (χ0n) is 9.29. The quantitative estimate of drug-likeness (QED) is 0.719. The molecule has 0 spiro atoms. The summed E-state index contributed by atoms with van der Waals surface area (Å²) < 4.78 is 0. The second-order valence-corrected chi connectivity index (χ2v) is 5.10. The highest BCUT2D eigenvalue weighted by atomic mass is 16.2. The molecule has 1 atom stereocenters. The van der Waals surface area contributed by atoms with Crippen LogP contribution in [0.25, 0.3) is 0 Å². The fraction of sp³-hybridized carbons (Fsp3) is 0.909. The van der Waals surface area contributed by atoms with Gasteiger partial charge in [0, 0.05) is 6.04 Å². The SMILES string of the molecule is CC1CC(N2C(=O)CNC2C(C)C)C1. The monoisotopic (exact) mass is 196 g/mol. The molecule has 1 unspecified atom stereocenters. The number of carbonyl (C=O) groups excluding carboxylic acids is 1. The molecule has 3 nitrogen and oxygen atoms in total. The van der Waals surface area contributed by atoms with Crippen LogP contribution in [-0.4, -0.2) is 29.6 Å². The van der Waals surface area contributed by atoms with E-state index in [9.17, 15) is 4.79 Å². The summed E-state index contributed by atoms with van der Waals surface area (Å²) in [6, 6.07) is 0.514. The van der Waals surface area contributed by atoms with E-state index in [2.05, 4.69) is 31.0 Å². The largest absolute Gasteiger partial charge is 0.323 e. The van der Waals surface area contributed by atoms with Crippen molar-refractivity contribution in [3.63, 3.8) is 0 Å². The average Bonchev–Trinajstić information content (AvgIpc) is 2.41. The van der Waals surface area contributed by atoms with Gasteiger partial charge in [0.1, 0.15) is 0 Å². The predicted molar refractivity (Wildman–Crippen MR) is 55.7 cm³/mol. The molecule has 0 aromatic heterocycles. The summed E-state index contributed by atoms with van der Waals surface area (Å²) in [5.41, 5.74) is 0. The fourth-order valence-electron chi connectivity index (χ4n) is 2.61. The Morgan fingerprint density at radius 2 is 2.07 bits per heavy atom. The molecule has 14 heavy (non-hydrogen) atoms. The lowest BCUT2D eigenvalue weighted by Crippen LogP contribution is -2.52. The molecule has 1 saturated heterocycles. The van der Waals surface area contributed by atoms with Crippen molar-refractivity contribution in [3.05, 3.63) is 0 Å². The van der Waals surface area contributed by atoms with Crippen molar-refractivity contribution in [3.8, 4) is 0 Å². The van der Waals surface area contributed by atoms with E-state index in [1.165, 1.54) is 12.8 Å². The summed E-state index contributed by atoms with van der Waals surface area (Å²) in [7, 11) is 0. The minimum atomic E-state index is 0.278. The number of nitrogens with one attached hydrogen (secondary N) is 1. The standard InChI is InChI=1S/C11H20N2O/c1-7(2)11-12-6-10(14)13(11)9-4-8(3)5-9/h7-9,11-12H,4-6H2,1-3H3. The second kappa shape index (κ2) is 3.54. The zero-order valence-corrected chi connectivity index (χ0v) is 9.29. The maximum atomic E-state index is 11.7. The number of rotatable bonds is 2. The molecule has 1 aliphatic heterocycles. The van der Waals surface area contributed by atoms with E-state index in [1.807, 2.05) is 0 Å². The molecule has 1 heterocycles. The van der Waals surface area contributed by atoms with Crippen molar-refractivity contribution in [1.29, 1.82) is 0 Å². The molecule has 2 rings (SSSR count). The van der Waals surface area contributed by atoms with E-state index in [-0.39, 0.29) is 6.17 Å². The summed E-state index contributed by atoms with van der Waals surface area (Å²) in [5, 5.41) is 3.30. The van der Waals surface area contributed by atoms with Gasteiger partial charge in [0.15, 0.2) is 0 Å². The van der Waals surface area contributed by atoms with Gasteiger partial charge in [-0.1, -0.05) is 20.8 Å². The Balaban J connectivity index is 2.03. The van der Waals surface area contributed by atoms with Gasteiger partial charge < -0.3 is 4.90 Å². The highest BCUT2D eigenvalue weighted by Crippen LogP contribution is 2.34. The highest BCUT2D eigenvalue weighted by molar-refractivity contribution is 5.81. The third-order valence-corrected chi connectivity index (χ3v) is 3.42. The van der Waals surface area contributed by atoms with Gasteiger partial charge in [0.25, 0.3) is 0 Å². The van der Waals surface area contributed by atoms with E-state index >= 15 is 0 Å². The molecule has 0 aromatic rings. The van der Waals surface area contributed by atoms with Crippen molar-refractivity contribution in [2.75, 3.05) is 6.54 Å². The van der Waals surface area contributed by atoms with E-state index in [1.54, 1.807) is 0 Å². The molecular formula is C11H20N2O. The third kappa shape index (κ3) is 1.54. The van der Waals surface area contributed by atoms with Crippen LogP contribution in [0.2, 0.25) is 0 Å². The number of amides is 1. The Kier molecular flexibility index (Phi) is 2.52. The predicted octanol–water partition coefficient (Wildman–Crippen LogP) is 1.20. The molecule has 80 valence electrons. The average molecular weight is 196 g/mol. The first-order valence-corrected chi connectivity index (χ1v) is 5.64. The maximum Gasteiger partial charge on any atom is 0.238 e. The van der Waals surface area contributed by atoms with Gasteiger partial charge in [-0.25, -0.2) is 0 Å². The molecule has 1 aliphatic carbocycles. The lowest BCUT2D eigenvalue weighted by atomic mass is 9.80. The van der Waals surface area contributed by atoms with Crippen LogP contribution in [0.4, 0.5) is 0 Å². The Labute approximate surface area is 85.8 Å². The highest BCUT2D eigenvalue weighted by Gasteiger charge is 2.41. The Morgan fingerprint density at radius 3 is 2.57 bits per heavy atom. The van der Waals surface area contributed by atoms with E-state index in [0.717, 1.165) is 5.92 Å². The first kappa shape index (κ1) is 9.97. The Morgan fingerprint density at radius 1 is 1.43 bits per heavy atom. The first-order chi connectivity index (χ1) is 6.59. The second-order valence-electron chi connectivity index (χ2n) is 5.10. The van der Waals surface area contributed by atoms with Gasteiger partial charge in [0.05, 0.1) is 12.7 Å². The van der Waals surface area contributed by atoms with Crippen LogP contribution in [0.3, 0.4) is 0 Å². The number of hydrogen-bond acceptors (Lipinski definition) is 2. The normalized spacial score (nSPS) is 37.9. The van der Waals surface area contributed by atoms with Gasteiger partial charge in [0.2, 0.25) is 5.91 Å². The van der Waals surface area contributed by atoms with Crippen LogP contribution in [0.5, 0.6) is 0 Å². The van der Waals surface area contributed by atoms with Gasteiger partial charge in [-0.3, -0.25) is 10.1 Å². The van der Waals surface area contributed by atoms with E-state index in [4.69, 9.17) is 0 Å². The first-order valence-electron chi connectivity index (χ1n) is 5.64. The van der Waals surface area contributed by atoms with Gasteiger partial charge >= 0.3 is 0 Å². The molecule has 2 fully saturated rings. The van der Waals surface area contributed by atoms with Crippen LogP contribution in [0.15, 0.2) is 0 Å². The number of nitrogens with zero attached hydrogens (tertiary/aromatic N) is 1. The zero-order chi connectivity index (χ0) is 10.3. The van der Waals surface area contributed by atoms with Gasteiger partial charge in [-0.2, -0.15) is 0 Å². The molecule has 0 aromatic carbocycles. The van der Waals surface area contributed by atoms with Crippen molar-refractivity contribution in [1.82, 2.24) is 10.2 Å². The number of carbonyl (C=O) groups is 1. The molecule has 3 heteroatoms. The van der Waals surface area contributed by atoms with E-state index < -0.39 is 0 Å². The smallest absolute Gasteiger partial charge is 0.238 e. The molecule has 0 bridgehead atoms. The molecule has 0 radical (unpaired) electrons. The lowest BCUT2D eigenvalue weighted by Gasteiger charge is -2.43. The summed E-state index contributed by atoms with van der Waals surface area (Å²) in [6.07, 6.45) is 2.66. The molecular weight excluding hydrogens is 176 g/mol.